The lowest BCUT2D eigenvalue weighted by molar-refractivity contribution is -0.146. The summed E-state index contributed by atoms with van der Waals surface area (Å²) in [5, 5.41) is 3.41. The number of nitrogens with one attached hydrogen (secondary N) is 1. The molecule has 0 aliphatic carbocycles. The summed E-state index contributed by atoms with van der Waals surface area (Å²) in [7, 11) is 0. The van der Waals surface area contributed by atoms with Crippen molar-refractivity contribution >= 4 is 5.91 Å². The lowest BCUT2D eigenvalue weighted by Crippen LogP contribution is -2.55. The second kappa shape index (κ2) is 6.66. The molecule has 1 atom stereocenters. The third-order valence-corrected chi connectivity index (χ3v) is 6.03. The van der Waals surface area contributed by atoms with Crippen LogP contribution in [0, 0.1) is 5.41 Å². The molecule has 0 aromatic heterocycles. The van der Waals surface area contributed by atoms with Gasteiger partial charge < -0.3 is 10.2 Å². The van der Waals surface area contributed by atoms with Crippen LogP contribution in [0.4, 0.5) is 0 Å². The fraction of sp³-hybridized carbons (Fsp3) is 0.941. The SMILES string of the molecule is CCC1(C(=O)N2CCCC(N3CCCC3)C2)CCNCC1. The summed E-state index contributed by atoms with van der Waals surface area (Å²) in [6, 6.07) is 0.626. The van der Waals surface area contributed by atoms with E-state index in [0.29, 0.717) is 11.9 Å². The summed E-state index contributed by atoms with van der Waals surface area (Å²) in [4.78, 5) is 18.0. The van der Waals surface area contributed by atoms with E-state index in [0.717, 1.165) is 45.4 Å². The second-order valence-corrected chi connectivity index (χ2v) is 7.17. The number of piperidine rings is 2. The molecular formula is C17H31N3O. The molecular weight excluding hydrogens is 262 g/mol. The van der Waals surface area contributed by atoms with Gasteiger partial charge >= 0.3 is 0 Å². The van der Waals surface area contributed by atoms with E-state index in [1.807, 2.05) is 0 Å². The molecule has 3 saturated heterocycles. The summed E-state index contributed by atoms with van der Waals surface area (Å²) < 4.78 is 0. The van der Waals surface area contributed by atoms with Crippen molar-refractivity contribution in [2.24, 2.45) is 5.41 Å². The Morgan fingerprint density at radius 3 is 2.52 bits per heavy atom. The van der Waals surface area contributed by atoms with E-state index in [1.165, 1.54) is 38.8 Å². The highest BCUT2D eigenvalue weighted by Gasteiger charge is 2.42. The molecule has 1 N–H and O–H groups in total. The number of likely N-dealkylation sites (tertiary alicyclic amines) is 2. The van der Waals surface area contributed by atoms with Crippen molar-refractivity contribution in [1.29, 1.82) is 0 Å². The van der Waals surface area contributed by atoms with Gasteiger partial charge in [-0.3, -0.25) is 9.69 Å². The normalized spacial score (nSPS) is 30.5. The Bertz CT molecular complexity index is 359. The highest BCUT2D eigenvalue weighted by atomic mass is 16.2. The van der Waals surface area contributed by atoms with Gasteiger partial charge in [-0.25, -0.2) is 0 Å². The molecule has 1 amide bonds. The molecule has 3 heterocycles. The number of carbonyl (C=O) groups excluding carboxylic acids is 1. The van der Waals surface area contributed by atoms with Crippen LogP contribution in [-0.2, 0) is 4.79 Å². The van der Waals surface area contributed by atoms with Crippen molar-refractivity contribution in [3.63, 3.8) is 0 Å². The molecule has 0 radical (unpaired) electrons. The van der Waals surface area contributed by atoms with Gasteiger partial charge in [0.15, 0.2) is 0 Å². The molecule has 3 rings (SSSR count). The molecule has 1 unspecified atom stereocenters. The Kier molecular flexibility index (Phi) is 4.85. The molecule has 0 saturated carbocycles. The van der Waals surface area contributed by atoms with Crippen LogP contribution < -0.4 is 5.32 Å². The molecule has 3 aliphatic heterocycles. The molecule has 0 spiro atoms. The van der Waals surface area contributed by atoms with E-state index in [-0.39, 0.29) is 5.41 Å². The van der Waals surface area contributed by atoms with Crippen LogP contribution in [0.25, 0.3) is 0 Å². The van der Waals surface area contributed by atoms with Crippen LogP contribution in [0.1, 0.15) is 51.9 Å². The molecule has 3 aliphatic rings. The highest BCUT2D eigenvalue weighted by Crippen LogP contribution is 2.36. The minimum atomic E-state index is -0.0713. The first-order chi connectivity index (χ1) is 10.2. The Labute approximate surface area is 129 Å². The average molecular weight is 293 g/mol. The fourth-order valence-corrected chi connectivity index (χ4v) is 4.50. The van der Waals surface area contributed by atoms with Gasteiger partial charge in [-0.1, -0.05) is 6.92 Å². The lowest BCUT2D eigenvalue weighted by Gasteiger charge is -2.44. The zero-order valence-electron chi connectivity index (χ0n) is 13.6. The fourth-order valence-electron chi connectivity index (χ4n) is 4.50. The number of carbonyl (C=O) groups is 1. The lowest BCUT2D eigenvalue weighted by atomic mass is 9.75. The van der Waals surface area contributed by atoms with Gasteiger partial charge in [-0.05, 0) is 71.1 Å². The number of amides is 1. The monoisotopic (exact) mass is 293 g/mol. The van der Waals surface area contributed by atoms with E-state index >= 15 is 0 Å². The van der Waals surface area contributed by atoms with E-state index in [9.17, 15) is 4.79 Å². The van der Waals surface area contributed by atoms with E-state index in [1.54, 1.807) is 0 Å². The molecule has 0 bridgehead atoms. The van der Waals surface area contributed by atoms with Crippen molar-refractivity contribution in [3.8, 4) is 0 Å². The van der Waals surface area contributed by atoms with E-state index in [4.69, 9.17) is 0 Å². The van der Waals surface area contributed by atoms with Crippen LogP contribution >= 0.6 is 0 Å². The summed E-state index contributed by atoms with van der Waals surface area (Å²) in [5.41, 5.74) is -0.0713. The van der Waals surface area contributed by atoms with Crippen molar-refractivity contribution in [2.75, 3.05) is 39.3 Å². The third kappa shape index (κ3) is 3.11. The number of nitrogens with zero attached hydrogens (tertiary/aromatic N) is 2. The minimum absolute atomic E-state index is 0.0713. The first kappa shape index (κ1) is 15.3. The molecule has 4 heteroatoms. The average Bonchev–Trinajstić information content (AvgIpc) is 3.09. The highest BCUT2D eigenvalue weighted by molar-refractivity contribution is 5.83. The van der Waals surface area contributed by atoms with Gasteiger partial charge in [0.25, 0.3) is 0 Å². The second-order valence-electron chi connectivity index (χ2n) is 7.17. The predicted molar refractivity (Wildman–Crippen MR) is 85.2 cm³/mol. The Hall–Kier alpha value is -0.610. The quantitative estimate of drug-likeness (QED) is 0.862. The van der Waals surface area contributed by atoms with Crippen LogP contribution in [0.3, 0.4) is 0 Å². The maximum Gasteiger partial charge on any atom is 0.228 e. The molecule has 21 heavy (non-hydrogen) atoms. The topological polar surface area (TPSA) is 35.6 Å². The Morgan fingerprint density at radius 1 is 1.14 bits per heavy atom. The molecule has 120 valence electrons. The van der Waals surface area contributed by atoms with Gasteiger partial charge in [-0.15, -0.1) is 0 Å². The van der Waals surface area contributed by atoms with Crippen LogP contribution in [0.2, 0.25) is 0 Å². The third-order valence-electron chi connectivity index (χ3n) is 6.03. The summed E-state index contributed by atoms with van der Waals surface area (Å²) in [6.45, 7) is 8.66. The maximum atomic E-state index is 13.1. The maximum absolute atomic E-state index is 13.1. The molecule has 0 aromatic rings. The van der Waals surface area contributed by atoms with Crippen LogP contribution in [0.15, 0.2) is 0 Å². The van der Waals surface area contributed by atoms with E-state index < -0.39 is 0 Å². The van der Waals surface area contributed by atoms with Crippen LogP contribution in [0.5, 0.6) is 0 Å². The largest absolute Gasteiger partial charge is 0.341 e. The van der Waals surface area contributed by atoms with Gasteiger partial charge in [0.05, 0.1) is 5.41 Å². The van der Waals surface area contributed by atoms with Crippen molar-refractivity contribution in [3.05, 3.63) is 0 Å². The summed E-state index contributed by atoms with van der Waals surface area (Å²) in [5.74, 6) is 0.454. The molecule has 4 nitrogen and oxygen atoms in total. The van der Waals surface area contributed by atoms with Gasteiger partial charge in [0.2, 0.25) is 5.91 Å². The predicted octanol–water partition coefficient (Wildman–Crippen LogP) is 1.85. The van der Waals surface area contributed by atoms with Crippen molar-refractivity contribution in [2.45, 2.75) is 57.9 Å². The van der Waals surface area contributed by atoms with Crippen molar-refractivity contribution < 1.29 is 4.79 Å². The van der Waals surface area contributed by atoms with Gasteiger partial charge in [0.1, 0.15) is 0 Å². The standard InChI is InChI=1S/C17H31N3O/c1-2-17(7-9-18-10-8-17)16(21)20-13-5-6-15(14-20)19-11-3-4-12-19/h15,18H,2-14H2,1H3. The van der Waals surface area contributed by atoms with E-state index in [2.05, 4.69) is 22.0 Å². The number of rotatable bonds is 3. The Balaban J connectivity index is 1.65. The zero-order valence-corrected chi connectivity index (χ0v) is 13.6. The van der Waals surface area contributed by atoms with Crippen molar-refractivity contribution in [1.82, 2.24) is 15.1 Å². The summed E-state index contributed by atoms with van der Waals surface area (Å²) in [6.07, 6.45) is 8.19. The smallest absolute Gasteiger partial charge is 0.228 e. The first-order valence-corrected chi connectivity index (χ1v) is 8.99. The van der Waals surface area contributed by atoms with Crippen LogP contribution in [-0.4, -0.2) is 61.0 Å². The molecule has 0 aromatic carbocycles. The van der Waals surface area contributed by atoms with Gasteiger partial charge in [0, 0.05) is 19.1 Å². The number of hydrogen-bond acceptors (Lipinski definition) is 3. The zero-order chi connectivity index (χ0) is 14.7. The van der Waals surface area contributed by atoms with Gasteiger partial charge in [-0.2, -0.15) is 0 Å². The number of hydrogen-bond donors (Lipinski definition) is 1. The molecule has 3 fully saturated rings. The minimum Gasteiger partial charge on any atom is -0.341 e. The summed E-state index contributed by atoms with van der Waals surface area (Å²) >= 11 is 0. The first-order valence-electron chi connectivity index (χ1n) is 8.99. The Morgan fingerprint density at radius 2 is 1.86 bits per heavy atom.